The Kier molecular flexibility index (Phi) is 5.25. The molecule has 1 aromatic heterocycles. The Morgan fingerprint density at radius 1 is 1.08 bits per heavy atom. The van der Waals surface area contributed by atoms with Crippen LogP contribution in [0.1, 0.15) is 38.5 Å². The molecule has 1 aromatic carbocycles. The average molecular weight is 355 g/mol. The minimum atomic E-state index is 0.0611. The zero-order valence-electron chi connectivity index (χ0n) is 15.7. The molecule has 0 amide bonds. The van der Waals surface area contributed by atoms with Crippen molar-refractivity contribution < 1.29 is 4.74 Å². The summed E-state index contributed by atoms with van der Waals surface area (Å²) in [6, 6.07) is 5.48. The largest absolute Gasteiger partial charge is 0.497 e. The summed E-state index contributed by atoms with van der Waals surface area (Å²) in [5.41, 5.74) is 0.767. The summed E-state index contributed by atoms with van der Waals surface area (Å²) in [5, 5.41) is 0.673. The Morgan fingerprint density at radius 2 is 1.81 bits per heavy atom. The number of rotatable bonds is 5. The molecule has 140 valence electrons. The maximum Gasteiger partial charge on any atom is 0.261 e. The lowest BCUT2D eigenvalue weighted by molar-refractivity contribution is 0.152. The lowest BCUT2D eigenvalue weighted by Gasteiger charge is -2.33. The Labute approximate surface area is 155 Å². The molecule has 1 saturated carbocycles. The van der Waals surface area contributed by atoms with E-state index in [0.717, 1.165) is 18.2 Å². The van der Waals surface area contributed by atoms with E-state index in [-0.39, 0.29) is 5.56 Å². The van der Waals surface area contributed by atoms with Gasteiger partial charge in [0.1, 0.15) is 5.75 Å². The van der Waals surface area contributed by atoms with Crippen molar-refractivity contribution in [1.29, 1.82) is 0 Å². The van der Waals surface area contributed by atoms with Crippen LogP contribution in [0.15, 0.2) is 29.3 Å². The molecule has 1 aliphatic carbocycles. The van der Waals surface area contributed by atoms with Crippen LogP contribution in [0, 0.1) is 11.8 Å². The van der Waals surface area contributed by atoms with Crippen molar-refractivity contribution in [3.8, 4) is 5.75 Å². The van der Waals surface area contributed by atoms with Crippen molar-refractivity contribution in [2.75, 3.05) is 26.7 Å². The summed E-state index contributed by atoms with van der Waals surface area (Å²) < 4.78 is 7.02. The quantitative estimate of drug-likeness (QED) is 0.826. The summed E-state index contributed by atoms with van der Waals surface area (Å²) in [6.45, 7) is 4.42. The Morgan fingerprint density at radius 3 is 2.54 bits per heavy atom. The van der Waals surface area contributed by atoms with Gasteiger partial charge in [0.05, 0.1) is 24.3 Å². The number of hydrogen-bond acceptors (Lipinski definition) is 4. The predicted octanol–water partition coefficient (Wildman–Crippen LogP) is 3.31. The first kappa shape index (κ1) is 17.5. The van der Waals surface area contributed by atoms with Gasteiger partial charge in [0.25, 0.3) is 5.56 Å². The molecule has 2 aromatic rings. The molecule has 0 radical (unpaired) electrons. The van der Waals surface area contributed by atoms with Gasteiger partial charge >= 0.3 is 0 Å². The number of piperidine rings is 1. The Hall–Kier alpha value is -1.88. The van der Waals surface area contributed by atoms with Gasteiger partial charge in [-0.15, -0.1) is 0 Å². The minimum absolute atomic E-state index is 0.0611. The molecule has 4 rings (SSSR count). The summed E-state index contributed by atoms with van der Waals surface area (Å²) in [4.78, 5) is 19.9. The van der Waals surface area contributed by atoms with Gasteiger partial charge in [-0.2, -0.15) is 0 Å². The van der Waals surface area contributed by atoms with Gasteiger partial charge in [0.15, 0.2) is 0 Å². The molecule has 1 aliphatic heterocycles. The molecule has 1 saturated heterocycles. The maximum atomic E-state index is 12.8. The molecule has 2 fully saturated rings. The molecule has 0 atom stereocenters. The number of hydrogen-bond donors (Lipinski definition) is 0. The highest BCUT2D eigenvalue weighted by atomic mass is 16.5. The summed E-state index contributed by atoms with van der Waals surface area (Å²) in [5.74, 6) is 2.23. The van der Waals surface area contributed by atoms with Crippen LogP contribution in [0.2, 0.25) is 0 Å². The second-order valence-corrected chi connectivity index (χ2v) is 7.98. The standard InChI is InChI=1S/C21H29N3O2/c1-26-18-6-7-19-20(12-18)22-15-24(21(19)25)14-17-8-10-23(11-9-17)13-16-4-2-3-5-16/h6-7,12,15-17H,2-5,8-11,13-14H2,1H3. The number of ether oxygens (including phenoxy) is 1. The third-order valence-corrected chi connectivity index (χ3v) is 6.19. The molecule has 0 bridgehead atoms. The summed E-state index contributed by atoms with van der Waals surface area (Å²) >= 11 is 0. The van der Waals surface area contributed by atoms with E-state index in [1.54, 1.807) is 18.0 Å². The van der Waals surface area contributed by atoms with Crippen LogP contribution in [-0.2, 0) is 6.54 Å². The molecular formula is C21H29N3O2. The van der Waals surface area contributed by atoms with E-state index in [9.17, 15) is 4.79 Å². The second-order valence-electron chi connectivity index (χ2n) is 7.98. The van der Waals surface area contributed by atoms with Crippen molar-refractivity contribution >= 4 is 10.9 Å². The number of fused-ring (bicyclic) bond motifs is 1. The topological polar surface area (TPSA) is 47.4 Å². The molecule has 2 heterocycles. The molecule has 5 nitrogen and oxygen atoms in total. The highest BCUT2D eigenvalue weighted by Crippen LogP contribution is 2.27. The molecule has 5 heteroatoms. The minimum Gasteiger partial charge on any atom is -0.497 e. The molecule has 26 heavy (non-hydrogen) atoms. The van der Waals surface area contributed by atoms with E-state index in [4.69, 9.17) is 4.74 Å². The van der Waals surface area contributed by atoms with Gasteiger partial charge < -0.3 is 9.64 Å². The number of benzene rings is 1. The van der Waals surface area contributed by atoms with Crippen LogP contribution in [-0.4, -0.2) is 41.2 Å². The van der Waals surface area contributed by atoms with Crippen molar-refractivity contribution in [2.45, 2.75) is 45.1 Å². The average Bonchev–Trinajstić information content (AvgIpc) is 3.18. The van der Waals surface area contributed by atoms with E-state index >= 15 is 0 Å². The van der Waals surface area contributed by atoms with Crippen LogP contribution < -0.4 is 10.3 Å². The highest BCUT2D eigenvalue weighted by molar-refractivity contribution is 5.78. The first-order chi connectivity index (χ1) is 12.7. The molecule has 2 aliphatic rings. The fraction of sp³-hybridized carbons (Fsp3) is 0.619. The molecule has 0 N–H and O–H groups in total. The van der Waals surface area contributed by atoms with Crippen LogP contribution in [0.25, 0.3) is 10.9 Å². The lowest BCUT2D eigenvalue weighted by Crippen LogP contribution is -2.38. The third-order valence-electron chi connectivity index (χ3n) is 6.19. The van der Waals surface area contributed by atoms with Gasteiger partial charge in [-0.05, 0) is 62.7 Å². The molecule has 0 unspecified atom stereocenters. The van der Waals surface area contributed by atoms with E-state index < -0.39 is 0 Å². The van der Waals surface area contributed by atoms with Crippen molar-refractivity contribution in [3.63, 3.8) is 0 Å². The number of aromatic nitrogens is 2. The first-order valence-corrected chi connectivity index (χ1v) is 9.98. The van der Waals surface area contributed by atoms with E-state index in [1.807, 2.05) is 18.2 Å². The number of likely N-dealkylation sites (tertiary alicyclic amines) is 1. The number of nitrogens with zero attached hydrogens (tertiary/aromatic N) is 3. The second kappa shape index (κ2) is 7.78. The smallest absolute Gasteiger partial charge is 0.261 e. The lowest BCUT2D eigenvalue weighted by atomic mass is 9.95. The summed E-state index contributed by atoms with van der Waals surface area (Å²) in [6.07, 6.45) is 9.75. The monoisotopic (exact) mass is 355 g/mol. The fourth-order valence-corrected chi connectivity index (χ4v) is 4.58. The normalized spacial score (nSPS) is 20.0. The van der Waals surface area contributed by atoms with Crippen LogP contribution in [0.5, 0.6) is 5.75 Å². The van der Waals surface area contributed by atoms with Crippen LogP contribution >= 0.6 is 0 Å². The fourth-order valence-electron chi connectivity index (χ4n) is 4.58. The maximum absolute atomic E-state index is 12.8. The van der Waals surface area contributed by atoms with Gasteiger partial charge in [-0.25, -0.2) is 4.98 Å². The SMILES string of the molecule is COc1ccc2c(=O)n(CC3CCN(CC4CCCC4)CC3)cnc2c1. The van der Waals surface area contributed by atoms with Crippen LogP contribution in [0.3, 0.4) is 0 Å². The summed E-state index contributed by atoms with van der Waals surface area (Å²) in [7, 11) is 1.63. The van der Waals surface area contributed by atoms with Gasteiger partial charge in [-0.1, -0.05) is 12.8 Å². The van der Waals surface area contributed by atoms with Gasteiger partial charge in [-0.3, -0.25) is 9.36 Å². The van der Waals surface area contributed by atoms with E-state index in [0.29, 0.717) is 16.8 Å². The highest BCUT2D eigenvalue weighted by Gasteiger charge is 2.24. The van der Waals surface area contributed by atoms with Crippen molar-refractivity contribution in [2.24, 2.45) is 11.8 Å². The Bertz CT molecular complexity index is 802. The Balaban J connectivity index is 1.38. The van der Waals surface area contributed by atoms with E-state index in [2.05, 4.69) is 9.88 Å². The van der Waals surface area contributed by atoms with Gasteiger partial charge in [0.2, 0.25) is 0 Å². The molecular weight excluding hydrogens is 326 g/mol. The zero-order valence-corrected chi connectivity index (χ0v) is 15.7. The third kappa shape index (κ3) is 3.78. The van der Waals surface area contributed by atoms with E-state index in [1.165, 1.54) is 58.2 Å². The van der Waals surface area contributed by atoms with Crippen molar-refractivity contribution in [1.82, 2.24) is 14.5 Å². The van der Waals surface area contributed by atoms with Crippen molar-refractivity contribution in [3.05, 3.63) is 34.9 Å². The molecule has 0 spiro atoms. The predicted molar refractivity (Wildman–Crippen MR) is 104 cm³/mol. The zero-order chi connectivity index (χ0) is 17.9. The first-order valence-electron chi connectivity index (χ1n) is 9.98. The van der Waals surface area contributed by atoms with Crippen LogP contribution in [0.4, 0.5) is 0 Å². The van der Waals surface area contributed by atoms with Gasteiger partial charge in [0, 0.05) is 19.2 Å². The number of methoxy groups -OCH3 is 1.